The van der Waals surface area contributed by atoms with Crippen LogP contribution in [0.4, 0.5) is 0 Å². The highest BCUT2D eigenvalue weighted by Crippen LogP contribution is 2.36. The van der Waals surface area contributed by atoms with E-state index in [4.69, 9.17) is 23.7 Å². The first kappa shape index (κ1) is 15.3. The summed E-state index contributed by atoms with van der Waals surface area (Å²) in [5, 5.41) is 0.919. The molecule has 0 saturated carbocycles. The molecule has 0 N–H and O–H groups in total. The monoisotopic (exact) mass is 298 g/mol. The van der Waals surface area contributed by atoms with Crippen LogP contribution in [0.1, 0.15) is 6.42 Å². The zero-order chi connectivity index (χ0) is 14.4. The van der Waals surface area contributed by atoms with E-state index >= 15 is 0 Å². The van der Waals surface area contributed by atoms with Gasteiger partial charge in [-0.15, -0.1) is 0 Å². The van der Waals surface area contributed by atoms with E-state index in [2.05, 4.69) is 5.68 Å². The quantitative estimate of drug-likeness (QED) is 0.393. The highest BCUT2D eigenvalue weighted by molar-refractivity contribution is 6.55. The van der Waals surface area contributed by atoms with Gasteiger partial charge in [0, 0.05) is 6.61 Å². The van der Waals surface area contributed by atoms with Crippen LogP contribution in [0.25, 0.3) is 0 Å². The molecule has 0 amide bonds. The Balaban J connectivity index is 1.91. The number of aryl methyl sites for hydroxylation is 1. The fourth-order valence-electron chi connectivity index (χ4n) is 2.10. The van der Waals surface area contributed by atoms with E-state index < -0.39 is 8.40 Å². The van der Waals surface area contributed by atoms with Crippen molar-refractivity contribution in [2.75, 3.05) is 41.2 Å². The van der Waals surface area contributed by atoms with Gasteiger partial charge >= 0.3 is 0 Å². The van der Waals surface area contributed by atoms with Crippen LogP contribution in [0.5, 0.6) is 16.9 Å². The molecule has 1 aromatic rings. The van der Waals surface area contributed by atoms with Crippen LogP contribution in [0.15, 0.2) is 11.7 Å². The summed E-state index contributed by atoms with van der Waals surface area (Å²) in [6.45, 7) is 2.33. The molecule has 2 rings (SSSR count). The number of ether oxygens (including phenoxy) is 5. The molecule has 5 nitrogen and oxygen atoms in total. The maximum Gasteiger partial charge on any atom is 0.197 e. The average molecular weight is 298 g/mol. The molecule has 1 aliphatic heterocycles. The van der Waals surface area contributed by atoms with Gasteiger partial charge in [-0.05, 0) is 18.5 Å². The summed E-state index contributed by atoms with van der Waals surface area (Å²) in [7, 11) is 4.08. The molecule has 1 atom stereocenters. The third-order valence-corrected chi connectivity index (χ3v) is 5.70. The van der Waals surface area contributed by atoms with Gasteiger partial charge < -0.3 is 23.7 Å². The van der Waals surface area contributed by atoms with Gasteiger partial charge in [-0.2, -0.15) is 0 Å². The molecule has 6 heteroatoms. The second kappa shape index (κ2) is 7.61. The Bertz CT molecular complexity index is 434. The number of hydrogen-bond donors (Lipinski definition) is 0. The van der Waals surface area contributed by atoms with Crippen molar-refractivity contribution in [1.82, 2.24) is 0 Å². The van der Waals surface area contributed by atoms with Crippen molar-refractivity contribution in [3.05, 3.63) is 11.7 Å². The number of epoxide rings is 1. The molecule has 1 unspecified atom stereocenters. The van der Waals surface area contributed by atoms with E-state index in [0.29, 0.717) is 6.10 Å². The standard InChI is InChI=1S/C14H22O5Si/c1-15-12-5-8-20(14(17-3)13(12)16-2)7-4-6-18-9-11-10-19-11/h5,8,11H,4,6-7,9-10H2,1-3H3. The smallest absolute Gasteiger partial charge is 0.197 e. The number of methoxy groups -OCH3 is 3. The average Bonchev–Trinajstić information content (AvgIpc) is 3.30. The van der Waals surface area contributed by atoms with Crippen molar-refractivity contribution in [2.45, 2.75) is 18.6 Å². The van der Waals surface area contributed by atoms with Crippen LogP contribution in [-0.4, -0.2) is 55.7 Å². The Morgan fingerprint density at radius 2 is 2.05 bits per heavy atom. The first-order valence-electron chi connectivity index (χ1n) is 6.77. The Morgan fingerprint density at radius 3 is 2.65 bits per heavy atom. The van der Waals surface area contributed by atoms with Crippen LogP contribution in [0.3, 0.4) is 0 Å². The summed E-state index contributed by atoms with van der Waals surface area (Å²) < 4.78 is 26.9. The number of rotatable bonds is 9. The molecule has 20 heavy (non-hydrogen) atoms. The first-order chi connectivity index (χ1) is 9.80. The van der Waals surface area contributed by atoms with Crippen molar-refractivity contribution >= 4 is 8.40 Å². The van der Waals surface area contributed by atoms with Crippen molar-refractivity contribution in [1.29, 1.82) is 0 Å². The minimum absolute atomic E-state index is 0.340. The van der Waals surface area contributed by atoms with Crippen LogP contribution in [-0.2, 0) is 15.5 Å². The summed E-state index contributed by atoms with van der Waals surface area (Å²) >= 11 is 0. The van der Waals surface area contributed by atoms with Crippen LogP contribution in [0, 0.1) is 0 Å². The van der Waals surface area contributed by atoms with Gasteiger partial charge in [0.05, 0.1) is 42.9 Å². The molecule has 1 aromatic heterocycles. The predicted octanol–water partition coefficient (Wildman–Crippen LogP) is 1.54. The maximum absolute atomic E-state index is 5.56. The van der Waals surface area contributed by atoms with Gasteiger partial charge in [0.1, 0.15) is 11.5 Å². The molecule has 1 aliphatic rings. The van der Waals surface area contributed by atoms with Crippen molar-refractivity contribution in [2.24, 2.45) is 0 Å². The van der Waals surface area contributed by atoms with Gasteiger partial charge in [0.2, 0.25) is 0 Å². The fraction of sp³-hybridized carbons (Fsp3) is 0.643. The third-order valence-electron chi connectivity index (χ3n) is 3.23. The minimum atomic E-state index is -0.885. The Kier molecular flexibility index (Phi) is 5.81. The van der Waals surface area contributed by atoms with E-state index in [1.165, 1.54) is 0 Å². The van der Waals surface area contributed by atoms with Crippen LogP contribution >= 0.6 is 0 Å². The molecule has 0 radical (unpaired) electrons. The third kappa shape index (κ3) is 3.94. The lowest BCUT2D eigenvalue weighted by Crippen LogP contribution is -2.10. The van der Waals surface area contributed by atoms with Gasteiger partial charge in [-0.3, -0.25) is 0 Å². The van der Waals surface area contributed by atoms with Gasteiger partial charge in [0.25, 0.3) is 0 Å². The second-order valence-corrected chi connectivity index (χ2v) is 6.97. The highest BCUT2D eigenvalue weighted by Gasteiger charge is 2.22. The highest BCUT2D eigenvalue weighted by atomic mass is 28.2. The van der Waals surface area contributed by atoms with Crippen molar-refractivity contribution in [3.63, 3.8) is 0 Å². The molecule has 1 fully saturated rings. The molecule has 112 valence electrons. The van der Waals surface area contributed by atoms with Gasteiger partial charge in [-0.1, -0.05) is 5.68 Å². The minimum Gasteiger partial charge on any atom is -0.498 e. The van der Waals surface area contributed by atoms with Gasteiger partial charge in [0.15, 0.2) is 11.5 Å². The predicted molar refractivity (Wildman–Crippen MR) is 77.2 cm³/mol. The lowest BCUT2D eigenvalue weighted by Gasteiger charge is -2.15. The molecule has 0 spiro atoms. The second-order valence-electron chi connectivity index (χ2n) is 4.63. The molecule has 0 aliphatic carbocycles. The Hall–Kier alpha value is -1.11. The summed E-state index contributed by atoms with van der Waals surface area (Å²) in [5.74, 6) is 1.44. The largest absolute Gasteiger partial charge is 0.498 e. The lowest BCUT2D eigenvalue weighted by molar-refractivity contribution is 0.116. The van der Waals surface area contributed by atoms with Crippen LogP contribution < -0.4 is 14.2 Å². The van der Waals surface area contributed by atoms with Gasteiger partial charge in [-0.25, -0.2) is 0 Å². The molecule has 1 saturated heterocycles. The van der Waals surface area contributed by atoms with Crippen molar-refractivity contribution < 1.29 is 23.7 Å². The number of hydrogen-bond acceptors (Lipinski definition) is 5. The Morgan fingerprint density at radius 1 is 1.25 bits per heavy atom. The SMILES string of the molecule is COc1cc[si](CCCOCC2CO2)c(OC)c1OC. The summed E-state index contributed by atoms with van der Waals surface area (Å²) in [5.41, 5.74) is 2.19. The summed E-state index contributed by atoms with van der Waals surface area (Å²) in [6, 6.07) is 3.04. The Labute approximate surface area is 121 Å². The molecule has 2 heterocycles. The normalized spacial score (nSPS) is 16.9. The van der Waals surface area contributed by atoms with E-state index in [1.807, 2.05) is 6.07 Å². The van der Waals surface area contributed by atoms with Crippen LogP contribution in [0.2, 0.25) is 0 Å². The van der Waals surface area contributed by atoms with E-state index in [0.717, 1.165) is 49.1 Å². The zero-order valence-electron chi connectivity index (χ0n) is 12.3. The van der Waals surface area contributed by atoms with E-state index in [1.54, 1.807) is 21.3 Å². The summed E-state index contributed by atoms with van der Waals surface area (Å²) in [4.78, 5) is 0. The zero-order valence-corrected chi connectivity index (χ0v) is 13.3. The molecule has 0 aromatic carbocycles. The summed E-state index contributed by atoms with van der Waals surface area (Å²) in [6.07, 6.45) is 1.35. The topological polar surface area (TPSA) is 49.5 Å². The van der Waals surface area contributed by atoms with E-state index in [-0.39, 0.29) is 0 Å². The molecular formula is C14H22O5Si. The lowest BCUT2D eigenvalue weighted by atomic mass is 10.4. The first-order valence-corrected chi connectivity index (χ1v) is 8.55. The fourth-order valence-corrected chi connectivity index (χ4v) is 4.31. The maximum atomic E-state index is 5.56. The van der Waals surface area contributed by atoms with E-state index in [9.17, 15) is 0 Å². The molecular weight excluding hydrogens is 276 g/mol. The van der Waals surface area contributed by atoms with Crippen molar-refractivity contribution in [3.8, 4) is 16.9 Å². The molecule has 0 bridgehead atoms.